The molecule has 0 spiro atoms. The second kappa shape index (κ2) is 36.2. The number of aldehydes is 1. The predicted molar refractivity (Wildman–Crippen MR) is 299 cm³/mol. The molecule has 7 aliphatic rings. The Kier molecular flexibility index (Phi) is 30.3. The van der Waals surface area contributed by atoms with Gasteiger partial charge in [0.05, 0.1) is 128 Å². The van der Waals surface area contributed by atoms with Crippen LogP contribution in [0.3, 0.4) is 0 Å². The maximum atomic E-state index is 13.0. The number of ether oxygens (including phenoxy) is 11. The Bertz CT molecular complexity index is 2640. The number of hydrogen-bond donors (Lipinski definition) is 15. The van der Waals surface area contributed by atoms with Crippen molar-refractivity contribution in [2.24, 2.45) is 35.5 Å². The quantitative estimate of drug-likeness (QED) is 0.0255. The number of methoxy groups -OCH3 is 4. The molecule has 7 rings (SSSR count). The Labute approximate surface area is 558 Å². The zero-order chi connectivity index (χ0) is 73.2. The van der Waals surface area contributed by atoms with Crippen LogP contribution in [-0.4, -0.2) is 332 Å². The van der Waals surface area contributed by atoms with Crippen LogP contribution in [-0.2, 0) is 90.5 Å². The number of carbonyl (C=O) groups excluding carboxylic acids is 7. The topological polar surface area (TPSA) is 649 Å². The number of likely N-dealkylation sites (N-methyl/N-ethyl adjacent to an activating group) is 1. The van der Waals surface area contributed by atoms with Crippen LogP contribution in [0.1, 0.15) is 70.6 Å². The van der Waals surface area contributed by atoms with Crippen molar-refractivity contribution in [3.63, 3.8) is 0 Å². The van der Waals surface area contributed by atoms with E-state index in [0.29, 0.717) is 6.29 Å². The van der Waals surface area contributed by atoms with Crippen molar-refractivity contribution in [1.29, 1.82) is 0 Å². The van der Waals surface area contributed by atoms with Gasteiger partial charge < -0.3 is 183 Å². The van der Waals surface area contributed by atoms with Gasteiger partial charge >= 0.3 is 5.97 Å². The number of aliphatic carboxylic acids is 6. The van der Waals surface area contributed by atoms with Crippen molar-refractivity contribution in [2.45, 2.75) is 248 Å². The molecule has 562 valence electrons. The van der Waals surface area contributed by atoms with Gasteiger partial charge in [-0.2, -0.15) is 0 Å². The Morgan fingerprint density at radius 1 is 0.449 bits per heavy atom. The fourth-order valence-electron chi connectivity index (χ4n) is 14.3. The van der Waals surface area contributed by atoms with Crippen molar-refractivity contribution >= 4 is 48.0 Å². The standard InChI is InChI=1S/C30H47NO19.C29H46O19/c1-31-26(38)23-10(18(34)20(36)16(49-23)7-11-19(35)21(37)30(46-3)50-24(11)28(41)42)6-15-12(32)4-9(22(47-15)27(39)40)5-14-13(33)8-17(45-2)25(48-14)29(43)44;1-44-18-9-14(32)15(47-25(18)28(41)42)7-11-5-13(31)16(46-23(11)26(37)38)8-12-20(34)21(35)17(48-24(12)27(39)40)6-10(3-4-30)19(33)22(36)29(43)45-2/h9-25,30,32-37H,4-8H2,1-3H3,(H,31,38)(H,39,40)(H,41,42)(H,43,44);4,10-25,29,31-36,43H,3,5-9H2,1-2H3,(H,37,38)(H,39,40)(H,41,42)/p-5. The molecule has 0 aromatic rings. The van der Waals surface area contributed by atoms with Gasteiger partial charge in [-0.3, -0.25) is 4.79 Å². The van der Waals surface area contributed by atoms with Gasteiger partial charge in [-0.05, 0) is 69.1 Å². The summed E-state index contributed by atoms with van der Waals surface area (Å²) in [6, 6.07) is 0. The molecule has 0 radical (unpaired) electrons. The number of hydrogen-bond acceptors (Lipinski definition) is 37. The lowest BCUT2D eigenvalue weighted by Crippen LogP contribution is -2.63. The minimum Gasteiger partial charge on any atom is -0.547 e. The number of amides is 1. The maximum absolute atomic E-state index is 13.0. The summed E-state index contributed by atoms with van der Waals surface area (Å²) in [5.74, 6) is -18.5. The van der Waals surface area contributed by atoms with Gasteiger partial charge in [0.25, 0.3) is 0 Å². The van der Waals surface area contributed by atoms with Crippen LogP contribution in [0.15, 0.2) is 0 Å². The third-order valence-electron chi connectivity index (χ3n) is 19.7. The van der Waals surface area contributed by atoms with Crippen LogP contribution < -0.4 is 30.8 Å². The monoisotopic (exact) mass is 1420 g/mol. The first-order valence-electron chi connectivity index (χ1n) is 31.6. The molecule has 15 N–H and O–H groups in total. The summed E-state index contributed by atoms with van der Waals surface area (Å²) in [5, 5.41) is 210. The zero-order valence-electron chi connectivity index (χ0n) is 53.6. The lowest BCUT2D eigenvalue weighted by atomic mass is 9.76. The molecule has 0 aromatic carbocycles. The third kappa shape index (κ3) is 19.2. The molecule has 0 aromatic heterocycles. The number of carboxylic acid groups (broad SMARTS) is 6. The highest BCUT2D eigenvalue weighted by molar-refractivity contribution is 5.81. The molecule has 35 atom stereocenters. The first kappa shape index (κ1) is 82.0. The summed E-state index contributed by atoms with van der Waals surface area (Å²) in [5.41, 5.74) is 0. The summed E-state index contributed by atoms with van der Waals surface area (Å²) in [7, 11) is 5.83. The van der Waals surface area contributed by atoms with Gasteiger partial charge in [0, 0.05) is 72.5 Å². The van der Waals surface area contributed by atoms with E-state index in [1.807, 2.05) is 0 Å². The van der Waals surface area contributed by atoms with E-state index < -0.39 is 287 Å². The number of aliphatic hydroxyl groups is 13. The highest BCUT2D eigenvalue weighted by Gasteiger charge is 2.56. The van der Waals surface area contributed by atoms with Gasteiger partial charge in [0.2, 0.25) is 5.91 Å². The minimum atomic E-state index is -1.90. The zero-order valence-corrected chi connectivity index (χ0v) is 53.6. The van der Waals surface area contributed by atoms with E-state index in [4.69, 9.17) is 47.4 Å². The minimum absolute atomic E-state index is 0.160. The first-order valence-corrected chi connectivity index (χ1v) is 31.6. The highest BCUT2D eigenvalue weighted by atomic mass is 16.7. The van der Waals surface area contributed by atoms with Crippen LogP contribution in [0, 0.1) is 35.5 Å². The van der Waals surface area contributed by atoms with Crippen molar-refractivity contribution in [3.8, 4) is 0 Å². The Balaban J connectivity index is 0.000000310. The molecule has 0 saturated carbocycles. The van der Waals surface area contributed by atoms with Crippen LogP contribution >= 0.6 is 0 Å². The number of aliphatic hydroxyl groups excluding tert-OH is 13. The first-order chi connectivity index (χ1) is 46.1. The van der Waals surface area contributed by atoms with E-state index in [2.05, 4.69) is 10.1 Å². The van der Waals surface area contributed by atoms with Gasteiger partial charge in [-0.1, -0.05) is 0 Å². The highest BCUT2D eigenvalue weighted by Crippen LogP contribution is 2.43. The number of carbonyl (C=O) groups is 8. The van der Waals surface area contributed by atoms with Crippen molar-refractivity contribution in [2.75, 3.05) is 35.5 Å². The van der Waals surface area contributed by atoms with Gasteiger partial charge in [-0.25, -0.2) is 4.79 Å². The van der Waals surface area contributed by atoms with Gasteiger partial charge in [-0.15, -0.1) is 0 Å². The summed E-state index contributed by atoms with van der Waals surface area (Å²) in [6.45, 7) is 0. The van der Waals surface area contributed by atoms with E-state index >= 15 is 0 Å². The number of nitrogens with one attached hydrogen (secondary N) is 1. The second-order valence-electron chi connectivity index (χ2n) is 25.7. The second-order valence-corrected chi connectivity index (χ2v) is 25.7. The fourth-order valence-corrected chi connectivity index (χ4v) is 14.3. The van der Waals surface area contributed by atoms with Crippen molar-refractivity contribution in [1.82, 2.24) is 5.32 Å². The number of rotatable bonds is 28. The smallest absolute Gasteiger partial charge is 0.333 e. The molecule has 39 nitrogen and oxygen atoms in total. The van der Waals surface area contributed by atoms with Crippen LogP contribution in [0.25, 0.3) is 0 Å². The molecule has 0 bridgehead atoms. The average molecular weight is 1420 g/mol. The summed E-state index contributed by atoms with van der Waals surface area (Å²) in [6.07, 6.45) is -49.1. The van der Waals surface area contributed by atoms with Crippen LogP contribution in [0.2, 0.25) is 0 Å². The molecular weight excluding hydrogens is 1330 g/mol. The molecule has 98 heavy (non-hydrogen) atoms. The fraction of sp³-hybridized carbons (Fsp3) is 0.864. The van der Waals surface area contributed by atoms with Gasteiger partial charge in [0.15, 0.2) is 18.7 Å². The van der Waals surface area contributed by atoms with E-state index in [1.165, 1.54) is 21.3 Å². The summed E-state index contributed by atoms with van der Waals surface area (Å²) in [4.78, 5) is 95.8. The average Bonchev–Trinajstić information content (AvgIpc) is 0.746. The van der Waals surface area contributed by atoms with E-state index in [0.717, 1.165) is 14.2 Å². The third-order valence-corrected chi connectivity index (χ3v) is 19.7. The van der Waals surface area contributed by atoms with Crippen molar-refractivity contribution in [3.05, 3.63) is 0 Å². The maximum Gasteiger partial charge on any atom is 0.333 e. The number of carboxylic acids is 6. The molecule has 7 saturated heterocycles. The molecule has 35 unspecified atom stereocenters. The molecule has 1 amide bonds. The normalized spacial score (nSPS) is 42.7. The SMILES string of the molecule is CNC(=O)C1OC(CC2C(C(=O)[O-])OC(OC)C(O)C2O)C(O)C(O)C1CC1OC(C(=O)[O-])C(CC2OC(C(=O)[O-])C(OC)CC2O)CC1O.COC(O)C(O)C(O)C(CC=O)CC1OC(C(=O)O)C(CC2OC(C(=O)[O-])C(CC3OC(C(=O)[O-])C(OC)CC3O)CC2O)C(O)C1O. The van der Waals surface area contributed by atoms with E-state index in [1.54, 1.807) is 0 Å². The molecule has 39 heteroatoms. The molecule has 7 fully saturated rings. The lowest BCUT2D eigenvalue weighted by molar-refractivity contribution is -0.345. The molecular formula is C59H88NO38-5. The predicted octanol–water partition coefficient (Wildman–Crippen LogP) is -15.0. The van der Waals surface area contributed by atoms with Crippen LogP contribution in [0.5, 0.6) is 0 Å². The Morgan fingerprint density at radius 2 is 0.816 bits per heavy atom. The van der Waals surface area contributed by atoms with Gasteiger partial charge in [0.1, 0.15) is 67.3 Å². The Morgan fingerprint density at radius 3 is 1.21 bits per heavy atom. The largest absolute Gasteiger partial charge is 0.547 e. The summed E-state index contributed by atoms with van der Waals surface area (Å²) < 4.78 is 58.4. The van der Waals surface area contributed by atoms with E-state index in [9.17, 15) is 135 Å². The lowest BCUT2D eigenvalue weighted by Gasteiger charge is -2.48. The molecule has 7 heterocycles. The molecule has 0 aliphatic carbocycles. The van der Waals surface area contributed by atoms with E-state index in [-0.39, 0.29) is 38.5 Å². The Hall–Kier alpha value is -5.00. The van der Waals surface area contributed by atoms with Crippen LogP contribution in [0.4, 0.5) is 0 Å². The summed E-state index contributed by atoms with van der Waals surface area (Å²) >= 11 is 0. The molecule has 7 aliphatic heterocycles. The van der Waals surface area contributed by atoms with Crippen molar-refractivity contribution < 1.29 is 187 Å².